The molecule has 0 aromatic rings. The first-order valence-corrected chi connectivity index (χ1v) is 5.85. The minimum atomic E-state index is -1.61. The van der Waals surface area contributed by atoms with Gasteiger partial charge in [-0.2, -0.15) is 0 Å². The van der Waals surface area contributed by atoms with Crippen LogP contribution in [-0.2, 0) is 14.5 Å². The third-order valence-electron chi connectivity index (χ3n) is 2.23. The van der Waals surface area contributed by atoms with Crippen molar-refractivity contribution in [3.05, 3.63) is 0 Å². The summed E-state index contributed by atoms with van der Waals surface area (Å²) in [5, 5.41) is 0. The second-order valence-electron chi connectivity index (χ2n) is 3.09. The lowest BCUT2D eigenvalue weighted by molar-refractivity contribution is 0.120. The third-order valence-corrected chi connectivity index (χ3v) is 2.85. The zero-order chi connectivity index (χ0) is 8.27. The average Bonchev–Trinajstić information content (AvgIpc) is 1.93. The summed E-state index contributed by atoms with van der Waals surface area (Å²) in [6, 6.07) is 0. The van der Waals surface area contributed by atoms with Gasteiger partial charge in [0.1, 0.15) is 0 Å². The van der Waals surface area contributed by atoms with Crippen LogP contribution in [0.4, 0.5) is 0 Å². The van der Waals surface area contributed by atoms with Crippen LogP contribution in [0.15, 0.2) is 0 Å². The lowest BCUT2D eigenvalue weighted by Crippen LogP contribution is -2.25. The number of hydrogen-bond acceptors (Lipinski definition) is 2. The summed E-state index contributed by atoms with van der Waals surface area (Å²) in [4.78, 5) is 0. The summed E-state index contributed by atoms with van der Waals surface area (Å²) in [6.07, 6.45) is 4.71. The van der Waals surface area contributed by atoms with Gasteiger partial charge in [0, 0.05) is 10.7 Å². The SMILES string of the molecule is CC1CCCCC1OS(=O)Cl. The van der Waals surface area contributed by atoms with Gasteiger partial charge in [0.15, 0.2) is 0 Å². The molecule has 4 heteroatoms. The topological polar surface area (TPSA) is 26.3 Å². The van der Waals surface area contributed by atoms with Crippen molar-refractivity contribution in [2.75, 3.05) is 0 Å². The van der Waals surface area contributed by atoms with Crippen LogP contribution in [-0.4, -0.2) is 10.3 Å². The van der Waals surface area contributed by atoms with Crippen molar-refractivity contribution in [3.63, 3.8) is 0 Å². The van der Waals surface area contributed by atoms with Gasteiger partial charge in [-0.25, -0.2) is 4.21 Å². The van der Waals surface area contributed by atoms with Crippen LogP contribution in [0.3, 0.4) is 0 Å². The van der Waals surface area contributed by atoms with E-state index in [0.29, 0.717) is 5.92 Å². The highest BCUT2D eigenvalue weighted by Crippen LogP contribution is 2.27. The Bertz CT molecular complexity index is 151. The van der Waals surface area contributed by atoms with Gasteiger partial charge in [-0.3, -0.25) is 4.18 Å². The first-order chi connectivity index (χ1) is 5.20. The van der Waals surface area contributed by atoms with Gasteiger partial charge < -0.3 is 0 Å². The molecule has 0 amide bonds. The maximum atomic E-state index is 10.5. The van der Waals surface area contributed by atoms with Crippen molar-refractivity contribution in [2.24, 2.45) is 5.92 Å². The van der Waals surface area contributed by atoms with Gasteiger partial charge in [0.25, 0.3) is 10.3 Å². The molecular weight excluding hydrogens is 184 g/mol. The quantitative estimate of drug-likeness (QED) is 0.634. The molecule has 66 valence electrons. The Kier molecular flexibility index (Phi) is 3.82. The largest absolute Gasteiger partial charge is 0.275 e. The average molecular weight is 197 g/mol. The highest BCUT2D eigenvalue weighted by molar-refractivity contribution is 8.04. The zero-order valence-corrected chi connectivity index (χ0v) is 8.16. The molecule has 1 fully saturated rings. The van der Waals surface area contributed by atoms with Gasteiger partial charge in [-0.15, -0.1) is 0 Å². The Morgan fingerprint density at radius 3 is 2.64 bits per heavy atom. The molecule has 2 nitrogen and oxygen atoms in total. The Balaban J connectivity index is 2.35. The normalized spacial score (nSPS) is 35.1. The van der Waals surface area contributed by atoms with Gasteiger partial charge in [-0.1, -0.05) is 19.8 Å². The van der Waals surface area contributed by atoms with E-state index in [-0.39, 0.29) is 6.10 Å². The van der Waals surface area contributed by atoms with Crippen molar-refractivity contribution >= 4 is 21.0 Å². The van der Waals surface area contributed by atoms with Crippen LogP contribution in [0, 0.1) is 5.92 Å². The Labute approximate surface area is 74.4 Å². The summed E-state index contributed by atoms with van der Waals surface area (Å²) in [5.41, 5.74) is 0. The molecule has 3 unspecified atom stereocenters. The summed E-state index contributed by atoms with van der Waals surface area (Å²) in [7, 11) is 3.61. The molecule has 0 radical (unpaired) electrons. The number of hydrogen-bond donors (Lipinski definition) is 0. The fourth-order valence-electron chi connectivity index (χ4n) is 1.52. The fraction of sp³-hybridized carbons (Fsp3) is 1.00. The van der Waals surface area contributed by atoms with Crippen molar-refractivity contribution in [3.8, 4) is 0 Å². The van der Waals surface area contributed by atoms with E-state index in [1.807, 2.05) is 0 Å². The lowest BCUT2D eigenvalue weighted by atomic mass is 9.88. The van der Waals surface area contributed by atoms with Crippen LogP contribution in [0.2, 0.25) is 0 Å². The van der Waals surface area contributed by atoms with E-state index >= 15 is 0 Å². The first-order valence-electron chi connectivity index (χ1n) is 3.95. The Morgan fingerprint density at radius 2 is 2.09 bits per heavy atom. The molecule has 1 aliphatic carbocycles. The van der Waals surface area contributed by atoms with E-state index in [1.54, 1.807) is 0 Å². The molecule has 11 heavy (non-hydrogen) atoms. The molecule has 0 bridgehead atoms. The molecule has 0 N–H and O–H groups in total. The number of halogens is 1. The standard InChI is InChI=1S/C7H13ClO2S/c1-6-4-2-3-5-7(6)10-11(8)9/h6-7H,2-5H2,1H3. The molecule has 0 spiro atoms. The Morgan fingerprint density at radius 1 is 1.45 bits per heavy atom. The van der Waals surface area contributed by atoms with E-state index in [1.165, 1.54) is 19.3 Å². The highest BCUT2D eigenvalue weighted by Gasteiger charge is 2.23. The lowest BCUT2D eigenvalue weighted by Gasteiger charge is -2.26. The highest BCUT2D eigenvalue weighted by atomic mass is 35.7. The molecule has 1 aliphatic rings. The molecule has 1 saturated carbocycles. The summed E-state index contributed by atoms with van der Waals surface area (Å²) in [5.74, 6) is 0.506. The van der Waals surface area contributed by atoms with E-state index in [2.05, 4.69) is 6.92 Å². The summed E-state index contributed by atoms with van der Waals surface area (Å²) >= 11 is 0. The van der Waals surface area contributed by atoms with Gasteiger partial charge in [-0.05, 0) is 18.8 Å². The van der Waals surface area contributed by atoms with E-state index in [4.69, 9.17) is 14.9 Å². The second-order valence-corrected chi connectivity index (χ2v) is 4.43. The van der Waals surface area contributed by atoms with Crippen LogP contribution in [0.5, 0.6) is 0 Å². The van der Waals surface area contributed by atoms with Crippen molar-refractivity contribution in [1.82, 2.24) is 0 Å². The maximum absolute atomic E-state index is 10.5. The van der Waals surface area contributed by atoms with Crippen molar-refractivity contribution in [1.29, 1.82) is 0 Å². The molecule has 0 heterocycles. The van der Waals surface area contributed by atoms with Crippen LogP contribution < -0.4 is 0 Å². The van der Waals surface area contributed by atoms with Gasteiger partial charge in [0.2, 0.25) is 0 Å². The van der Waals surface area contributed by atoms with Crippen LogP contribution in [0.1, 0.15) is 32.6 Å². The molecule has 3 atom stereocenters. The molecule has 0 aliphatic heterocycles. The van der Waals surface area contributed by atoms with Crippen LogP contribution in [0.25, 0.3) is 0 Å². The summed E-state index contributed by atoms with van der Waals surface area (Å²) in [6.45, 7) is 2.12. The first kappa shape index (κ1) is 9.49. The van der Waals surface area contributed by atoms with Gasteiger partial charge in [0.05, 0.1) is 6.10 Å². The third kappa shape index (κ3) is 3.09. The predicted molar refractivity (Wildman–Crippen MR) is 46.5 cm³/mol. The fourth-order valence-corrected chi connectivity index (χ4v) is 2.28. The van der Waals surface area contributed by atoms with Crippen molar-refractivity contribution in [2.45, 2.75) is 38.7 Å². The van der Waals surface area contributed by atoms with Gasteiger partial charge >= 0.3 is 0 Å². The Hall–Kier alpha value is 0.400. The molecule has 0 aromatic heterocycles. The molecular formula is C7H13ClO2S. The number of rotatable bonds is 2. The zero-order valence-electron chi connectivity index (χ0n) is 6.59. The van der Waals surface area contributed by atoms with E-state index < -0.39 is 10.3 Å². The monoisotopic (exact) mass is 196 g/mol. The molecule has 0 saturated heterocycles. The minimum absolute atomic E-state index is 0.113. The van der Waals surface area contributed by atoms with E-state index in [9.17, 15) is 4.21 Å². The van der Waals surface area contributed by atoms with E-state index in [0.717, 1.165) is 6.42 Å². The maximum Gasteiger partial charge on any atom is 0.256 e. The smallest absolute Gasteiger partial charge is 0.256 e. The molecule has 0 aromatic carbocycles. The molecule has 1 rings (SSSR count). The van der Waals surface area contributed by atoms with Crippen molar-refractivity contribution < 1.29 is 8.39 Å². The predicted octanol–water partition coefficient (Wildman–Crippen LogP) is 2.40. The van der Waals surface area contributed by atoms with Crippen LogP contribution >= 0.6 is 10.7 Å². The minimum Gasteiger partial charge on any atom is -0.275 e. The summed E-state index contributed by atoms with van der Waals surface area (Å²) < 4.78 is 15.6. The second kappa shape index (κ2) is 4.43.